The summed E-state index contributed by atoms with van der Waals surface area (Å²) >= 11 is 0. The summed E-state index contributed by atoms with van der Waals surface area (Å²) in [6, 6.07) is 4.19. The van der Waals surface area contributed by atoms with Gasteiger partial charge in [0.25, 0.3) is 0 Å². The van der Waals surface area contributed by atoms with Crippen molar-refractivity contribution in [2.45, 2.75) is 0 Å². The van der Waals surface area contributed by atoms with Gasteiger partial charge in [-0.2, -0.15) is 0 Å². The van der Waals surface area contributed by atoms with E-state index in [1.54, 1.807) is 0 Å². The highest BCUT2D eigenvalue weighted by Gasteiger charge is 2.24. The molecule has 0 aromatic heterocycles. The summed E-state index contributed by atoms with van der Waals surface area (Å²) in [6.45, 7) is 0. The Morgan fingerprint density at radius 1 is 0.727 bits per heavy atom. The van der Waals surface area contributed by atoms with E-state index in [-0.39, 0.29) is 5.56 Å². The lowest BCUT2D eigenvalue weighted by molar-refractivity contribution is 0.104. The second kappa shape index (κ2) is 6.05. The zero-order chi connectivity index (χ0) is 16.4. The van der Waals surface area contributed by atoms with Gasteiger partial charge in [-0.25, -0.2) is 26.3 Å². The highest BCUT2D eigenvalue weighted by molar-refractivity contribution is 6.06. The zero-order valence-corrected chi connectivity index (χ0v) is 10.6. The molecule has 0 saturated carbocycles. The molecular formula is C15H6F6O. The molecule has 1 nitrogen and oxygen atoms in total. The molecule has 0 unspecified atom stereocenters. The molecule has 0 radical (unpaired) electrons. The van der Waals surface area contributed by atoms with Gasteiger partial charge in [-0.1, -0.05) is 0 Å². The summed E-state index contributed by atoms with van der Waals surface area (Å²) in [6.07, 6.45) is 1.10. The SMILES string of the molecule is O=C(/C=C/c1c(F)c(F)c(F)c(F)c1F)c1ccc(F)cc1. The van der Waals surface area contributed by atoms with Crippen molar-refractivity contribution in [2.24, 2.45) is 0 Å². The van der Waals surface area contributed by atoms with Crippen LogP contribution in [-0.4, -0.2) is 5.78 Å². The van der Waals surface area contributed by atoms with Crippen molar-refractivity contribution in [1.82, 2.24) is 0 Å². The topological polar surface area (TPSA) is 17.1 Å². The Kier molecular flexibility index (Phi) is 4.35. The highest BCUT2D eigenvalue weighted by atomic mass is 19.2. The summed E-state index contributed by atoms with van der Waals surface area (Å²) < 4.78 is 78.2. The minimum absolute atomic E-state index is 0.0125. The Hall–Kier alpha value is -2.57. The van der Waals surface area contributed by atoms with Crippen LogP contribution in [0.25, 0.3) is 6.08 Å². The van der Waals surface area contributed by atoms with Crippen molar-refractivity contribution < 1.29 is 31.1 Å². The van der Waals surface area contributed by atoms with Crippen LogP contribution in [-0.2, 0) is 0 Å². The summed E-state index contributed by atoms with van der Waals surface area (Å²) in [5.41, 5.74) is -1.24. The van der Waals surface area contributed by atoms with Crippen molar-refractivity contribution in [2.75, 3.05) is 0 Å². The number of ketones is 1. The maximum absolute atomic E-state index is 13.4. The fourth-order valence-corrected chi connectivity index (χ4v) is 1.64. The van der Waals surface area contributed by atoms with Crippen LogP contribution >= 0.6 is 0 Å². The molecule has 0 aliphatic carbocycles. The van der Waals surface area contributed by atoms with Gasteiger partial charge in [0.2, 0.25) is 5.82 Å². The molecular weight excluding hydrogens is 310 g/mol. The lowest BCUT2D eigenvalue weighted by atomic mass is 10.1. The first-order valence-electron chi connectivity index (χ1n) is 5.82. The zero-order valence-electron chi connectivity index (χ0n) is 10.6. The van der Waals surface area contributed by atoms with Gasteiger partial charge in [-0.15, -0.1) is 0 Å². The first-order valence-corrected chi connectivity index (χ1v) is 5.82. The van der Waals surface area contributed by atoms with E-state index in [4.69, 9.17) is 0 Å². The smallest absolute Gasteiger partial charge is 0.200 e. The lowest BCUT2D eigenvalue weighted by Crippen LogP contribution is -2.04. The van der Waals surface area contributed by atoms with E-state index in [0.717, 1.165) is 24.3 Å². The number of halogens is 6. The van der Waals surface area contributed by atoms with Crippen molar-refractivity contribution in [3.8, 4) is 0 Å². The Bertz CT molecular complexity index is 736. The van der Waals surface area contributed by atoms with E-state index in [1.165, 1.54) is 0 Å². The van der Waals surface area contributed by atoms with Crippen molar-refractivity contribution in [3.63, 3.8) is 0 Å². The van der Waals surface area contributed by atoms with Crippen LogP contribution in [0.2, 0.25) is 0 Å². The van der Waals surface area contributed by atoms with Gasteiger partial charge >= 0.3 is 0 Å². The Balaban J connectivity index is 2.38. The van der Waals surface area contributed by atoms with E-state index in [2.05, 4.69) is 0 Å². The van der Waals surface area contributed by atoms with Gasteiger partial charge in [0.05, 0.1) is 5.56 Å². The van der Waals surface area contributed by atoms with Crippen molar-refractivity contribution in [1.29, 1.82) is 0 Å². The second-order valence-electron chi connectivity index (χ2n) is 4.19. The average Bonchev–Trinajstić information content (AvgIpc) is 2.51. The van der Waals surface area contributed by atoms with Gasteiger partial charge in [-0.05, 0) is 36.4 Å². The summed E-state index contributed by atoms with van der Waals surface area (Å²) in [5, 5.41) is 0. The molecule has 22 heavy (non-hydrogen) atoms. The maximum Gasteiger partial charge on any atom is 0.200 e. The van der Waals surface area contributed by atoms with Gasteiger partial charge in [0, 0.05) is 5.56 Å². The van der Waals surface area contributed by atoms with Crippen LogP contribution in [0, 0.1) is 34.9 Å². The number of carbonyl (C=O) groups is 1. The van der Waals surface area contributed by atoms with E-state index < -0.39 is 46.3 Å². The minimum atomic E-state index is -2.28. The quantitative estimate of drug-likeness (QED) is 0.269. The average molecular weight is 316 g/mol. The van der Waals surface area contributed by atoms with Crippen molar-refractivity contribution >= 4 is 11.9 Å². The first-order chi connectivity index (χ1) is 10.3. The van der Waals surface area contributed by atoms with Crippen LogP contribution < -0.4 is 0 Å². The normalized spacial score (nSPS) is 11.2. The first kappa shape index (κ1) is 15.8. The third-order valence-corrected chi connectivity index (χ3v) is 2.77. The molecule has 0 atom stereocenters. The van der Waals surface area contributed by atoms with Crippen molar-refractivity contribution in [3.05, 3.63) is 76.4 Å². The predicted molar refractivity (Wildman–Crippen MR) is 66.0 cm³/mol. The Morgan fingerprint density at radius 2 is 1.18 bits per heavy atom. The molecule has 0 N–H and O–H groups in total. The summed E-state index contributed by atoms with van der Waals surface area (Å²) in [7, 11) is 0. The maximum atomic E-state index is 13.4. The van der Waals surface area contributed by atoms with Crippen LogP contribution in [0.4, 0.5) is 26.3 Å². The molecule has 0 spiro atoms. The Labute approximate surface area is 120 Å². The van der Waals surface area contributed by atoms with E-state index in [9.17, 15) is 31.1 Å². The standard InChI is InChI=1S/C15H6F6O/c16-8-3-1-7(2-4-8)10(22)6-5-9-11(17)13(19)15(21)14(20)12(9)18/h1-6H/b6-5+. The minimum Gasteiger partial charge on any atom is -0.289 e. The number of benzene rings is 2. The molecule has 0 aliphatic heterocycles. The largest absolute Gasteiger partial charge is 0.289 e. The highest BCUT2D eigenvalue weighted by Crippen LogP contribution is 2.24. The van der Waals surface area contributed by atoms with Crippen LogP contribution in [0.3, 0.4) is 0 Å². The third kappa shape index (κ3) is 2.88. The number of hydrogen-bond donors (Lipinski definition) is 0. The number of carbonyl (C=O) groups excluding carboxylic acids is 1. The molecule has 2 aromatic carbocycles. The van der Waals surface area contributed by atoms with Gasteiger partial charge in [-0.3, -0.25) is 4.79 Å². The molecule has 7 heteroatoms. The monoisotopic (exact) mass is 316 g/mol. The van der Waals surface area contributed by atoms with E-state index in [1.807, 2.05) is 0 Å². The third-order valence-electron chi connectivity index (χ3n) is 2.77. The molecule has 0 bridgehead atoms. The number of rotatable bonds is 3. The second-order valence-corrected chi connectivity index (χ2v) is 4.19. The molecule has 0 fully saturated rings. The molecule has 2 aromatic rings. The lowest BCUT2D eigenvalue weighted by Gasteiger charge is -2.04. The predicted octanol–water partition coefficient (Wildman–Crippen LogP) is 4.42. The molecule has 2 rings (SSSR count). The summed E-state index contributed by atoms with van der Waals surface area (Å²) in [5.74, 6) is -12.0. The van der Waals surface area contributed by atoms with Crippen LogP contribution in [0.5, 0.6) is 0 Å². The van der Waals surface area contributed by atoms with Crippen LogP contribution in [0.1, 0.15) is 15.9 Å². The van der Waals surface area contributed by atoms with Gasteiger partial charge in [0.1, 0.15) is 5.82 Å². The fraction of sp³-hybridized carbons (Fsp3) is 0. The molecule has 0 heterocycles. The number of hydrogen-bond acceptors (Lipinski definition) is 1. The molecule has 0 aliphatic rings. The number of allylic oxidation sites excluding steroid dienone is 1. The summed E-state index contributed by atoms with van der Waals surface area (Å²) in [4.78, 5) is 11.7. The Morgan fingerprint density at radius 3 is 1.68 bits per heavy atom. The van der Waals surface area contributed by atoms with Crippen LogP contribution in [0.15, 0.2) is 30.3 Å². The van der Waals surface area contributed by atoms with E-state index in [0.29, 0.717) is 12.2 Å². The molecule has 0 saturated heterocycles. The molecule has 114 valence electrons. The van der Waals surface area contributed by atoms with Gasteiger partial charge in [0.15, 0.2) is 29.1 Å². The molecule has 0 amide bonds. The van der Waals surface area contributed by atoms with E-state index >= 15 is 0 Å². The fourth-order valence-electron chi connectivity index (χ4n) is 1.64. The van der Waals surface area contributed by atoms with Gasteiger partial charge < -0.3 is 0 Å².